The molecule has 0 aromatic heterocycles. The summed E-state index contributed by atoms with van der Waals surface area (Å²) in [6.07, 6.45) is 4.80. The van der Waals surface area contributed by atoms with Crippen LogP contribution >= 0.6 is 0 Å². The Hall–Kier alpha value is -0.120. The molecule has 0 amide bonds. The predicted octanol–water partition coefficient (Wildman–Crippen LogP) is 1.09. The molecule has 0 radical (unpaired) electrons. The van der Waals surface area contributed by atoms with Gasteiger partial charge in [-0.05, 0) is 31.6 Å². The zero-order chi connectivity index (χ0) is 8.55. The number of nitrogens with one attached hydrogen (secondary N) is 2. The summed E-state index contributed by atoms with van der Waals surface area (Å²) in [7, 11) is 0. The SMILES string of the molecule is CC1CCC(CN2NNC2C)C1. The molecular formula is C9H19N3. The van der Waals surface area contributed by atoms with Gasteiger partial charge in [0.15, 0.2) is 0 Å². The van der Waals surface area contributed by atoms with Gasteiger partial charge in [-0.25, -0.2) is 10.4 Å². The fraction of sp³-hybridized carbons (Fsp3) is 1.00. The van der Waals surface area contributed by atoms with Gasteiger partial charge in [0.25, 0.3) is 0 Å². The van der Waals surface area contributed by atoms with Crippen molar-refractivity contribution in [2.45, 2.75) is 39.3 Å². The number of hydrazine groups is 2. The van der Waals surface area contributed by atoms with Crippen LogP contribution in [0.2, 0.25) is 0 Å². The van der Waals surface area contributed by atoms with Gasteiger partial charge in [0.1, 0.15) is 0 Å². The maximum absolute atomic E-state index is 3.12. The fourth-order valence-corrected chi connectivity index (χ4v) is 2.26. The minimum absolute atomic E-state index is 0.529. The quantitative estimate of drug-likeness (QED) is 0.648. The third kappa shape index (κ3) is 1.63. The Balaban J connectivity index is 1.73. The summed E-state index contributed by atoms with van der Waals surface area (Å²) in [4.78, 5) is 0. The van der Waals surface area contributed by atoms with Crippen molar-refractivity contribution in [1.29, 1.82) is 0 Å². The Morgan fingerprint density at radius 2 is 2.17 bits per heavy atom. The highest BCUT2D eigenvalue weighted by Gasteiger charge is 2.28. The highest BCUT2D eigenvalue weighted by molar-refractivity contribution is 4.77. The van der Waals surface area contributed by atoms with E-state index in [4.69, 9.17) is 0 Å². The van der Waals surface area contributed by atoms with E-state index in [2.05, 4.69) is 29.8 Å². The van der Waals surface area contributed by atoms with Gasteiger partial charge in [0, 0.05) is 6.54 Å². The van der Waals surface area contributed by atoms with Crippen molar-refractivity contribution in [2.75, 3.05) is 6.54 Å². The van der Waals surface area contributed by atoms with Crippen LogP contribution in [0.25, 0.3) is 0 Å². The second kappa shape index (κ2) is 3.32. The standard InChI is InChI=1S/C9H19N3/c1-7-3-4-9(5-7)6-12-8(2)10-11-12/h7-11H,3-6H2,1-2H3. The van der Waals surface area contributed by atoms with E-state index in [9.17, 15) is 0 Å². The number of rotatable bonds is 2. The highest BCUT2D eigenvalue weighted by atomic mass is 15.8. The lowest BCUT2D eigenvalue weighted by molar-refractivity contribution is -0.0472. The minimum atomic E-state index is 0.529. The Labute approximate surface area is 74.4 Å². The molecule has 2 N–H and O–H groups in total. The first kappa shape index (κ1) is 8.48. The van der Waals surface area contributed by atoms with Gasteiger partial charge in [-0.1, -0.05) is 13.3 Å². The molecule has 1 aliphatic heterocycles. The van der Waals surface area contributed by atoms with Crippen LogP contribution in [0.3, 0.4) is 0 Å². The van der Waals surface area contributed by atoms with Gasteiger partial charge >= 0.3 is 0 Å². The van der Waals surface area contributed by atoms with Crippen LogP contribution in [0.5, 0.6) is 0 Å². The van der Waals surface area contributed by atoms with Crippen molar-refractivity contribution in [3.8, 4) is 0 Å². The molecule has 2 aliphatic rings. The zero-order valence-electron chi connectivity index (χ0n) is 8.01. The summed E-state index contributed by atoms with van der Waals surface area (Å²) in [5, 5.41) is 2.29. The molecule has 3 heteroatoms. The fourth-order valence-electron chi connectivity index (χ4n) is 2.26. The van der Waals surface area contributed by atoms with Crippen molar-refractivity contribution in [3.05, 3.63) is 0 Å². The monoisotopic (exact) mass is 169 g/mol. The second-order valence-electron chi connectivity index (χ2n) is 4.37. The third-order valence-corrected chi connectivity index (χ3v) is 3.14. The summed E-state index contributed by atoms with van der Waals surface area (Å²) >= 11 is 0. The zero-order valence-corrected chi connectivity index (χ0v) is 8.01. The predicted molar refractivity (Wildman–Crippen MR) is 48.9 cm³/mol. The van der Waals surface area contributed by atoms with Crippen LogP contribution in [-0.2, 0) is 0 Å². The van der Waals surface area contributed by atoms with E-state index < -0.39 is 0 Å². The number of nitrogens with zero attached hydrogens (tertiary/aromatic N) is 1. The van der Waals surface area contributed by atoms with E-state index in [1.807, 2.05) is 0 Å². The molecule has 12 heavy (non-hydrogen) atoms. The Morgan fingerprint density at radius 1 is 1.33 bits per heavy atom. The molecule has 0 aromatic carbocycles. The summed E-state index contributed by atoms with van der Waals surface area (Å²) in [5.41, 5.74) is 6.24. The van der Waals surface area contributed by atoms with Crippen LogP contribution in [0, 0.1) is 11.8 Å². The molecule has 1 saturated carbocycles. The summed E-state index contributed by atoms with van der Waals surface area (Å²) in [5.74, 6) is 1.89. The lowest BCUT2D eigenvalue weighted by Gasteiger charge is -2.41. The molecule has 2 rings (SSSR count). The molecule has 1 saturated heterocycles. The van der Waals surface area contributed by atoms with Crippen LogP contribution < -0.4 is 11.0 Å². The van der Waals surface area contributed by atoms with E-state index in [0.717, 1.165) is 11.8 Å². The summed E-state index contributed by atoms with van der Waals surface area (Å²) < 4.78 is 0. The molecule has 2 fully saturated rings. The average molecular weight is 169 g/mol. The number of hydrogen-bond donors (Lipinski definition) is 2. The molecule has 0 aromatic rings. The van der Waals surface area contributed by atoms with E-state index in [0.29, 0.717) is 6.17 Å². The van der Waals surface area contributed by atoms with E-state index in [1.165, 1.54) is 25.8 Å². The molecule has 3 atom stereocenters. The number of hydrogen-bond acceptors (Lipinski definition) is 3. The third-order valence-electron chi connectivity index (χ3n) is 3.14. The molecule has 0 bridgehead atoms. The van der Waals surface area contributed by atoms with E-state index >= 15 is 0 Å². The van der Waals surface area contributed by atoms with Crippen LogP contribution in [0.15, 0.2) is 0 Å². The molecule has 1 aliphatic carbocycles. The molecule has 3 nitrogen and oxygen atoms in total. The van der Waals surface area contributed by atoms with Gasteiger partial charge in [-0.3, -0.25) is 0 Å². The largest absolute Gasteiger partial charge is 0.226 e. The summed E-state index contributed by atoms with van der Waals surface area (Å²) in [6.45, 7) is 5.78. The topological polar surface area (TPSA) is 27.3 Å². The van der Waals surface area contributed by atoms with Crippen molar-refractivity contribution >= 4 is 0 Å². The van der Waals surface area contributed by atoms with Crippen LogP contribution in [-0.4, -0.2) is 17.7 Å². The van der Waals surface area contributed by atoms with Gasteiger partial charge in [0.2, 0.25) is 0 Å². The van der Waals surface area contributed by atoms with Gasteiger partial charge < -0.3 is 0 Å². The molecule has 1 heterocycles. The van der Waals surface area contributed by atoms with E-state index in [-0.39, 0.29) is 0 Å². The lowest BCUT2D eigenvalue weighted by Crippen LogP contribution is -2.70. The first-order valence-electron chi connectivity index (χ1n) is 5.03. The first-order chi connectivity index (χ1) is 5.75. The Morgan fingerprint density at radius 3 is 2.58 bits per heavy atom. The molecule has 70 valence electrons. The molecular weight excluding hydrogens is 150 g/mol. The first-order valence-corrected chi connectivity index (χ1v) is 5.03. The normalized spacial score (nSPS) is 43.0. The Kier molecular flexibility index (Phi) is 2.35. The highest BCUT2D eigenvalue weighted by Crippen LogP contribution is 2.31. The van der Waals surface area contributed by atoms with Crippen LogP contribution in [0.1, 0.15) is 33.1 Å². The smallest absolute Gasteiger partial charge is 0.0858 e. The van der Waals surface area contributed by atoms with Gasteiger partial charge in [-0.2, -0.15) is 5.53 Å². The van der Waals surface area contributed by atoms with Crippen molar-refractivity contribution in [2.24, 2.45) is 11.8 Å². The molecule has 3 unspecified atom stereocenters. The van der Waals surface area contributed by atoms with Gasteiger partial charge in [0.05, 0.1) is 6.17 Å². The average Bonchev–Trinajstić information content (AvgIpc) is 2.44. The summed E-state index contributed by atoms with van der Waals surface area (Å²) in [6, 6.07) is 0. The maximum Gasteiger partial charge on any atom is 0.0858 e. The Bertz CT molecular complexity index is 160. The van der Waals surface area contributed by atoms with E-state index in [1.54, 1.807) is 0 Å². The molecule has 0 spiro atoms. The lowest BCUT2D eigenvalue weighted by atomic mass is 10.1. The van der Waals surface area contributed by atoms with Crippen molar-refractivity contribution < 1.29 is 0 Å². The van der Waals surface area contributed by atoms with Crippen molar-refractivity contribution in [1.82, 2.24) is 16.0 Å². The maximum atomic E-state index is 3.12. The second-order valence-corrected chi connectivity index (χ2v) is 4.37. The van der Waals surface area contributed by atoms with Crippen molar-refractivity contribution in [3.63, 3.8) is 0 Å². The van der Waals surface area contributed by atoms with Gasteiger partial charge in [-0.15, -0.1) is 0 Å². The minimum Gasteiger partial charge on any atom is -0.226 e. The van der Waals surface area contributed by atoms with Crippen LogP contribution in [0.4, 0.5) is 0 Å².